The summed E-state index contributed by atoms with van der Waals surface area (Å²) in [5, 5.41) is 11.1. The summed E-state index contributed by atoms with van der Waals surface area (Å²) in [7, 11) is 0. The van der Waals surface area contributed by atoms with Gasteiger partial charge < -0.3 is 9.84 Å². The Balaban J connectivity index is 2.89. The maximum atomic E-state index is 11.9. The van der Waals surface area contributed by atoms with Crippen LogP contribution in [-0.2, 0) is 9.53 Å². The van der Waals surface area contributed by atoms with Crippen molar-refractivity contribution >= 4 is 17.4 Å². The summed E-state index contributed by atoms with van der Waals surface area (Å²) >= 11 is 0. The van der Waals surface area contributed by atoms with Gasteiger partial charge in [-0.2, -0.15) is 0 Å². The van der Waals surface area contributed by atoms with E-state index in [1.165, 1.54) is 0 Å². The lowest BCUT2D eigenvalue weighted by Crippen LogP contribution is -2.37. The molecule has 0 unspecified atom stereocenters. The van der Waals surface area contributed by atoms with Gasteiger partial charge in [0.15, 0.2) is 0 Å². The van der Waals surface area contributed by atoms with Gasteiger partial charge in [0.2, 0.25) is 0 Å². The normalized spacial score (nSPS) is 13.0. The molecule has 152 valence electrons. The third-order valence-electron chi connectivity index (χ3n) is 4.86. The van der Waals surface area contributed by atoms with Crippen LogP contribution in [0.15, 0.2) is 23.2 Å². The molecule has 0 bridgehead atoms. The van der Waals surface area contributed by atoms with E-state index in [1.54, 1.807) is 0 Å². The fourth-order valence-corrected chi connectivity index (χ4v) is 3.12. The molecule has 0 fully saturated rings. The van der Waals surface area contributed by atoms with E-state index in [9.17, 15) is 9.90 Å². The van der Waals surface area contributed by atoms with E-state index in [0.717, 1.165) is 35.4 Å². The van der Waals surface area contributed by atoms with Gasteiger partial charge in [-0.15, -0.1) is 0 Å². The van der Waals surface area contributed by atoms with Crippen LogP contribution in [0.2, 0.25) is 0 Å². The van der Waals surface area contributed by atoms with E-state index in [-0.39, 0.29) is 5.97 Å². The predicted octanol–water partition coefficient (Wildman–Crippen LogP) is 5.83. The molecule has 1 N–H and O–H groups in total. The molecule has 0 heterocycles. The highest BCUT2D eigenvalue weighted by molar-refractivity contribution is 5.94. The number of unbranched alkanes of at least 4 members (excludes halogenated alkanes) is 1. The number of hydrogen-bond donors (Lipinski definition) is 1. The lowest BCUT2D eigenvalue weighted by atomic mass is 9.88. The maximum Gasteiger partial charge on any atom is 0.306 e. The Bertz CT molecular complexity index is 632. The molecular formula is C23H37NO3. The van der Waals surface area contributed by atoms with Crippen LogP contribution in [0.1, 0.15) is 84.3 Å². The fraction of sp³-hybridized carbons (Fsp3) is 0.652. The summed E-state index contributed by atoms with van der Waals surface area (Å²) in [5.74, 6) is -0.169. The van der Waals surface area contributed by atoms with Crippen molar-refractivity contribution in [3.8, 4) is 0 Å². The molecule has 0 aliphatic rings. The summed E-state index contributed by atoms with van der Waals surface area (Å²) in [4.78, 5) is 16.8. The average Bonchev–Trinajstić information content (AvgIpc) is 2.57. The van der Waals surface area contributed by atoms with Crippen molar-refractivity contribution in [2.24, 2.45) is 4.99 Å². The lowest BCUT2D eigenvalue weighted by Gasteiger charge is -2.28. The van der Waals surface area contributed by atoms with Crippen LogP contribution in [0, 0.1) is 13.8 Å². The minimum Gasteiger partial charge on any atom is -0.460 e. The standard InChI is InChI=1S/C23H37NO3/c1-8-23(26,9-2)19(24-21-17(3)13-12-14-18(21)4)15-10-11-16-20(25)27-22(5,6)7/h12-14,26H,8-11,15-16H2,1-7H3. The number of benzene rings is 1. The second-order valence-electron chi connectivity index (χ2n) is 8.33. The Morgan fingerprint density at radius 2 is 1.56 bits per heavy atom. The van der Waals surface area contributed by atoms with Crippen LogP contribution in [-0.4, -0.2) is 28.0 Å². The van der Waals surface area contributed by atoms with Gasteiger partial charge in [0.05, 0.1) is 11.4 Å². The zero-order valence-electron chi connectivity index (χ0n) is 18.2. The minimum absolute atomic E-state index is 0.169. The molecule has 27 heavy (non-hydrogen) atoms. The number of aliphatic hydroxyl groups is 1. The Hall–Kier alpha value is -1.68. The Morgan fingerprint density at radius 3 is 2.04 bits per heavy atom. The molecule has 0 radical (unpaired) electrons. The van der Waals surface area contributed by atoms with Crippen LogP contribution in [0.4, 0.5) is 5.69 Å². The number of ether oxygens (including phenoxy) is 1. The van der Waals surface area contributed by atoms with Crippen molar-refractivity contribution < 1.29 is 14.6 Å². The van der Waals surface area contributed by atoms with Crippen molar-refractivity contribution in [1.82, 2.24) is 0 Å². The van der Waals surface area contributed by atoms with E-state index in [2.05, 4.69) is 0 Å². The number of aliphatic imine (C=N–C) groups is 1. The summed E-state index contributed by atoms with van der Waals surface area (Å²) in [6.07, 6.45) is 3.84. The van der Waals surface area contributed by atoms with Crippen LogP contribution in [0.3, 0.4) is 0 Å². The Labute approximate surface area is 165 Å². The van der Waals surface area contributed by atoms with Crippen molar-refractivity contribution in [3.63, 3.8) is 0 Å². The predicted molar refractivity (Wildman–Crippen MR) is 113 cm³/mol. The highest BCUT2D eigenvalue weighted by Gasteiger charge is 2.29. The maximum absolute atomic E-state index is 11.9. The molecule has 4 heteroatoms. The summed E-state index contributed by atoms with van der Waals surface area (Å²) in [6, 6.07) is 6.11. The Kier molecular flexibility index (Phi) is 8.67. The zero-order chi connectivity index (χ0) is 20.7. The molecule has 0 saturated carbocycles. The van der Waals surface area contributed by atoms with Crippen molar-refractivity contribution in [2.45, 2.75) is 98.2 Å². The molecule has 0 saturated heterocycles. The summed E-state index contributed by atoms with van der Waals surface area (Å²) in [5.41, 5.74) is 2.62. The van der Waals surface area contributed by atoms with E-state index in [1.807, 2.05) is 66.7 Å². The molecule has 0 aliphatic heterocycles. The van der Waals surface area contributed by atoms with Crippen molar-refractivity contribution in [3.05, 3.63) is 29.3 Å². The number of nitrogens with zero attached hydrogens (tertiary/aromatic N) is 1. The van der Waals surface area contributed by atoms with Crippen molar-refractivity contribution in [1.29, 1.82) is 0 Å². The van der Waals surface area contributed by atoms with E-state index >= 15 is 0 Å². The number of para-hydroxylation sites is 1. The molecule has 0 atom stereocenters. The largest absolute Gasteiger partial charge is 0.460 e. The fourth-order valence-electron chi connectivity index (χ4n) is 3.12. The topological polar surface area (TPSA) is 58.9 Å². The molecule has 0 amide bonds. The summed E-state index contributed by atoms with van der Waals surface area (Å²) < 4.78 is 5.36. The lowest BCUT2D eigenvalue weighted by molar-refractivity contribution is -0.154. The number of carbonyl (C=O) groups is 1. The second kappa shape index (κ2) is 10.0. The van der Waals surface area contributed by atoms with Gasteiger partial charge in [-0.3, -0.25) is 9.79 Å². The smallest absolute Gasteiger partial charge is 0.306 e. The molecule has 4 nitrogen and oxygen atoms in total. The minimum atomic E-state index is -0.902. The number of rotatable bonds is 9. The number of carbonyl (C=O) groups excluding carboxylic acids is 1. The monoisotopic (exact) mass is 375 g/mol. The molecule has 0 aromatic heterocycles. The first-order valence-corrected chi connectivity index (χ1v) is 10.1. The quantitative estimate of drug-likeness (QED) is 0.336. The summed E-state index contributed by atoms with van der Waals surface area (Å²) in [6.45, 7) is 13.7. The van der Waals surface area contributed by atoms with Gasteiger partial charge in [0.25, 0.3) is 0 Å². The van der Waals surface area contributed by atoms with Gasteiger partial charge in [-0.1, -0.05) is 32.0 Å². The highest BCUT2D eigenvalue weighted by Crippen LogP contribution is 2.29. The molecule has 0 spiro atoms. The van der Waals surface area contributed by atoms with Gasteiger partial charge in [0, 0.05) is 6.42 Å². The van der Waals surface area contributed by atoms with Gasteiger partial charge in [-0.05, 0) is 77.8 Å². The van der Waals surface area contributed by atoms with Gasteiger partial charge in [0.1, 0.15) is 11.2 Å². The molecular weight excluding hydrogens is 338 g/mol. The average molecular weight is 376 g/mol. The first kappa shape index (κ1) is 23.4. The number of aryl methyl sites for hydroxylation is 2. The zero-order valence-corrected chi connectivity index (χ0v) is 18.2. The highest BCUT2D eigenvalue weighted by atomic mass is 16.6. The van der Waals surface area contributed by atoms with Crippen LogP contribution >= 0.6 is 0 Å². The molecule has 1 aromatic carbocycles. The first-order valence-electron chi connectivity index (χ1n) is 10.1. The van der Waals surface area contributed by atoms with Crippen LogP contribution in [0.5, 0.6) is 0 Å². The Morgan fingerprint density at radius 1 is 1.04 bits per heavy atom. The van der Waals surface area contributed by atoms with E-state index in [0.29, 0.717) is 25.7 Å². The first-order chi connectivity index (χ1) is 12.5. The number of esters is 1. The number of hydrogen-bond acceptors (Lipinski definition) is 4. The van der Waals surface area contributed by atoms with Crippen LogP contribution < -0.4 is 0 Å². The van der Waals surface area contributed by atoms with Crippen molar-refractivity contribution in [2.75, 3.05) is 0 Å². The van der Waals surface area contributed by atoms with Gasteiger partial charge >= 0.3 is 5.97 Å². The molecule has 1 rings (SSSR count). The van der Waals surface area contributed by atoms with E-state index in [4.69, 9.17) is 9.73 Å². The van der Waals surface area contributed by atoms with Crippen LogP contribution in [0.25, 0.3) is 0 Å². The third-order valence-corrected chi connectivity index (χ3v) is 4.86. The van der Waals surface area contributed by atoms with Gasteiger partial charge in [-0.25, -0.2) is 0 Å². The molecule has 0 aliphatic carbocycles. The SMILES string of the molecule is CCC(O)(CC)C(CCCCC(=O)OC(C)(C)C)=Nc1c(C)cccc1C. The van der Waals surface area contributed by atoms with E-state index < -0.39 is 11.2 Å². The third kappa shape index (κ3) is 7.45. The molecule has 1 aromatic rings. The second-order valence-corrected chi connectivity index (χ2v) is 8.33.